The van der Waals surface area contributed by atoms with Gasteiger partial charge in [-0.3, -0.25) is 0 Å². The van der Waals surface area contributed by atoms with E-state index in [0.717, 1.165) is 25.9 Å². The summed E-state index contributed by atoms with van der Waals surface area (Å²) in [6.45, 7) is 13.0. The standard InChI is InChI=1S/C16H30N2O3/c1-11(2)13(14(19)21-16(4,5)6)17-15(20)18-9-7-12(3)8-10-18/h11-13H,7-10H2,1-6H3,(H,17,20)/t13-/m0/s1. The summed E-state index contributed by atoms with van der Waals surface area (Å²) in [5.41, 5.74) is -0.546. The molecule has 1 fully saturated rings. The second-order valence-corrected chi connectivity index (χ2v) is 7.37. The van der Waals surface area contributed by atoms with Crippen molar-refractivity contribution in [2.24, 2.45) is 11.8 Å². The zero-order chi connectivity index (χ0) is 16.2. The van der Waals surface area contributed by atoms with E-state index in [4.69, 9.17) is 4.74 Å². The van der Waals surface area contributed by atoms with E-state index in [9.17, 15) is 9.59 Å². The molecule has 0 aromatic carbocycles. The molecule has 0 aromatic heterocycles. The highest BCUT2D eigenvalue weighted by Crippen LogP contribution is 2.17. The second-order valence-electron chi connectivity index (χ2n) is 7.37. The third-order valence-corrected chi connectivity index (χ3v) is 3.68. The largest absolute Gasteiger partial charge is 0.458 e. The summed E-state index contributed by atoms with van der Waals surface area (Å²) >= 11 is 0. The third kappa shape index (κ3) is 5.94. The van der Waals surface area contributed by atoms with Gasteiger partial charge in [0.2, 0.25) is 0 Å². The smallest absolute Gasteiger partial charge is 0.329 e. The number of amides is 2. The van der Waals surface area contributed by atoms with Crippen LogP contribution in [-0.4, -0.2) is 41.6 Å². The summed E-state index contributed by atoms with van der Waals surface area (Å²) in [4.78, 5) is 26.3. The molecule has 1 atom stereocenters. The van der Waals surface area contributed by atoms with E-state index in [1.165, 1.54) is 0 Å². The Labute approximate surface area is 128 Å². The minimum atomic E-state index is -0.601. The highest BCUT2D eigenvalue weighted by atomic mass is 16.6. The highest BCUT2D eigenvalue weighted by Gasteiger charge is 2.31. The summed E-state index contributed by atoms with van der Waals surface area (Å²) in [5.74, 6) is 0.296. The SMILES string of the molecule is CC1CCN(C(=O)N[C@H](C(=O)OC(C)(C)C)C(C)C)CC1. The van der Waals surface area contributed by atoms with Crippen LogP contribution in [-0.2, 0) is 9.53 Å². The van der Waals surface area contributed by atoms with Gasteiger partial charge in [-0.1, -0.05) is 20.8 Å². The monoisotopic (exact) mass is 298 g/mol. The van der Waals surface area contributed by atoms with E-state index in [1.807, 2.05) is 34.6 Å². The molecule has 0 bridgehead atoms. The summed E-state index contributed by atoms with van der Waals surface area (Å²) in [6, 6.07) is -0.762. The van der Waals surface area contributed by atoms with Crippen molar-refractivity contribution in [2.75, 3.05) is 13.1 Å². The number of ether oxygens (including phenoxy) is 1. The Kier molecular flexibility index (Phi) is 6.05. The molecule has 0 aromatic rings. The molecule has 0 unspecified atom stereocenters. The lowest BCUT2D eigenvalue weighted by molar-refractivity contribution is -0.158. The summed E-state index contributed by atoms with van der Waals surface area (Å²) < 4.78 is 5.39. The number of nitrogens with one attached hydrogen (secondary N) is 1. The van der Waals surface area contributed by atoms with Crippen molar-refractivity contribution in [1.82, 2.24) is 10.2 Å². The Morgan fingerprint density at radius 2 is 1.71 bits per heavy atom. The van der Waals surface area contributed by atoms with E-state index >= 15 is 0 Å². The van der Waals surface area contributed by atoms with Gasteiger partial charge >= 0.3 is 12.0 Å². The topological polar surface area (TPSA) is 58.6 Å². The maximum absolute atomic E-state index is 12.3. The van der Waals surface area contributed by atoms with Crippen LogP contribution in [0.5, 0.6) is 0 Å². The molecule has 1 aliphatic rings. The van der Waals surface area contributed by atoms with Crippen LogP contribution in [0.1, 0.15) is 54.4 Å². The van der Waals surface area contributed by atoms with Gasteiger partial charge < -0.3 is 15.0 Å². The van der Waals surface area contributed by atoms with Crippen LogP contribution in [0, 0.1) is 11.8 Å². The van der Waals surface area contributed by atoms with E-state index in [-0.39, 0.29) is 17.9 Å². The first-order chi connectivity index (χ1) is 9.60. The third-order valence-electron chi connectivity index (χ3n) is 3.68. The van der Waals surface area contributed by atoms with Crippen LogP contribution >= 0.6 is 0 Å². The quantitative estimate of drug-likeness (QED) is 0.815. The Morgan fingerprint density at radius 3 is 2.14 bits per heavy atom. The number of likely N-dealkylation sites (tertiary alicyclic amines) is 1. The van der Waals surface area contributed by atoms with Crippen molar-refractivity contribution in [2.45, 2.75) is 66.0 Å². The van der Waals surface area contributed by atoms with Gasteiger partial charge in [-0.05, 0) is 45.4 Å². The molecule has 5 heteroatoms. The molecule has 2 amide bonds. The van der Waals surface area contributed by atoms with Gasteiger partial charge in [0.15, 0.2) is 0 Å². The number of esters is 1. The molecule has 122 valence electrons. The van der Waals surface area contributed by atoms with Crippen molar-refractivity contribution < 1.29 is 14.3 Å². The lowest BCUT2D eigenvalue weighted by Gasteiger charge is -2.33. The predicted octanol–water partition coefficient (Wildman–Crippen LogP) is 2.79. The average molecular weight is 298 g/mol. The number of nitrogens with zero attached hydrogens (tertiary/aromatic N) is 1. The molecule has 0 aliphatic carbocycles. The van der Waals surface area contributed by atoms with Crippen LogP contribution in [0.3, 0.4) is 0 Å². The maximum Gasteiger partial charge on any atom is 0.329 e. The molecule has 5 nitrogen and oxygen atoms in total. The minimum Gasteiger partial charge on any atom is -0.458 e. The van der Waals surface area contributed by atoms with E-state index in [1.54, 1.807) is 4.90 Å². The van der Waals surface area contributed by atoms with Gasteiger partial charge in [-0.15, -0.1) is 0 Å². The van der Waals surface area contributed by atoms with Gasteiger partial charge in [0, 0.05) is 13.1 Å². The normalized spacial score (nSPS) is 18.5. The Bertz CT molecular complexity index is 366. The maximum atomic E-state index is 12.3. The summed E-state index contributed by atoms with van der Waals surface area (Å²) in [6.07, 6.45) is 2.04. The lowest BCUT2D eigenvalue weighted by atomic mass is 9.99. The van der Waals surface area contributed by atoms with Crippen LogP contribution in [0.25, 0.3) is 0 Å². The van der Waals surface area contributed by atoms with Gasteiger partial charge in [0.05, 0.1) is 0 Å². The number of rotatable bonds is 3. The van der Waals surface area contributed by atoms with Crippen LogP contribution < -0.4 is 5.32 Å². The molecule has 0 saturated carbocycles. The average Bonchev–Trinajstić information content (AvgIpc) is 2.33. The molecule has 21 heavy (non-hydrogen) atoms. The van der Waals surface area contributed by atoms with Crippen LogP contribution in [0.2, 0.25) is 0 Å². The lowest BCUT2D eigenvalue weighted by Crippen LogP contribution is -2.53. The minimum absolute atomic E-state index is 0.00693. The van der Waals surface area contributed by atoms with E-state index in [2.05, 4.69) is 12.2 Å². The zero-order valence-corrected chi connectivity index (χ0v) is 14.2. The van der Waals surface area contributed by atoms with E-state index in [0.29, 0.717) is 5.92 Å². The fourth-order valence-electron chi connectivity index (χ4n) is 2.30. The number of hydrogen-bond donors (Lipinski definition) is 1. The Balaban J connectivity index is 2.61. The van der Waals surface area contributed by atoms with Gasteiger partial charge in [-0.2, -0.15) is 0 Å². The number of piperidine rings is 1. The van der Waals surface area contributed by atoms with Gasteiger partial charge in [0.1, 0.15) is 11.6 Å². The van der Waals surface area contributed by atoms with Gasteiger partial charge in [0.25, 0.3) is 0 Å². The first kappa shape index (κ1) is 17.8. The first-order valence-corrected chi connectivity index (χ1v) is 7.88. The highest BCUT2D eigenvalue weighted by molar-refractivity contribution is 5.84. The van der Waals surface area contributed by atoms with Crippen molar-refractivity contribution in [3.63, 3.8) is 0 Å². The summed E-state index contributed by atoms with van der Waals surface area (Å²) in [5, 5.41) is 2.84. The molecule has 0 spiro atoms. The second kappa shape index (κ2) is 7.14. The van der Waals surface area contributed by atoms with Crippen molar-refractivity contribution in [3.05, 3.63) is 0 Å². The molecule has 1 heterocycles. The van der Waals surface area contributed by atoms with Crippen molar-refractivity contribution in [1.29, 1.82) is 0 Å². The number of hydrogen-bond acceptors (Lipinski definition) is 3. The van der Waals surface area contributed by atoms with Crippen LogP contribution in [0.15, 0.2) is 0 Å². The molecule has 1 rings (SSSR count). The first-order valence-electron chi connectivity index (χ1n) is 7.88. The van der Waals surface area contributed by atoms with Crippen LogP contribution in [0.4, 0.5) is 4.79 Å². The molecule has 0 radical (unpaired) electrons. The fraction of sp³-hybridized carbons (Fsp3) is 0.875. The molecule has 1 aliphatic heterocycles. The van der Waals surface area contributed by atoms with Gasteiger partial charge in [-0.25, -0.2) is 9.59 Å². The molecule has 1 saturated heterocycles. The number of carbonyl (C=O) groups excluding carboxylic acids is 2. The number of urea groups is 1. The fourth-order valence-corrected chi connectivity index (χ4v) is 2.30. The Morgan fingerprint density at radius 1 is 1.19 bits per heavy atom. The van der Waals surface area contributed by atoms with Crippen molar-refractivity contribution in [3.8, 4) is 0 Å². The Hall–Kier alpha value is -1.26. The summed E-state index contributed by atoms with van der Waals surface area (Å²) in [7, 11) is 0. The van der Waals surface area contributed by atoms with Crippen molar-refractivity contribution >= 4 is 12.0 Å². The van der Waals surface area contributed by atoms with E-state index < -0.39 is 11.6 Å². The number of carbonyl (C=O) groups is 2. The molecule has 1 N–H and O–H groups in total. The zero-order valence-electron chi connectivity index (χ0n) is 14.2. The predicted molar refractivity (Wildman–Crippen MR) is 83.0 cm³/mol. The molecular weight excluding hydrogens is 268 g/mol. The molecular formula is C16H30N2O3.